The molecule has 0 saturated heterocycles. The molecule has 0 aromatic carbocycles. The summed E-state index contributed by atoms with van der Waals surface area (Å²) in [5.74, 6) is -2.53. The second-order valence-electron chi connectivity index (χ2n) is 4.46. The molecule has 0 spiro atoms. The molecule has 0 aliphatic heterocycles. The topological polar surface area (TPSA) is 101 Å². The van der Waals surface area contributed by atoms with Crippen LogP contribution in [0.4, 0.5) is 0 Å². The van der Waals surface area contributed by atoms with Gasteiger partial charge in [0.05, 0.1) is 12.5 Å². The highest BCUT2D eigenvalue weighted by Gasteiger charge is 2.42. The lowest BCUT2D eigenvalue weighted by Gasteiger charge is -2.20. The van der Waals surface area contributed by atoms with E-state index in [1.807, 2.05) is 20.8 Å². The van der Waals surface area contributed by atoms with E-state index in [9.17, 15) is 14.4 Å². The third kappa shape index (κ3) is 6.04. The molecule has 0 fully saturated rings. The zero-order valence-corrected chi connectivity index (χ0v) is 12.9. The van der Waals surface area contributed by atoms with Gasteiger partial charge in [-0.1, -0.05) is 27.7 Å². The van der Waals surface area contributed by atoms with E-state index in [0.29, 0.717) is 6.61 Å². The van der Waals surface area contributed by atoms with E-state index in [1.165, 1.54) is 0 Å². The molecule has 0 bridgehead atoms. The Hall–Kier alpha value is -1.59. The first-order valence-electron chi connectivity index (χ1n) is 6.86. The van der Waals surface area contributed by atoms with Crippen molar-refractivity contribution in [2.24, 2.45) is 11.3 Å². The van der Waals surface area contributed by atoms with Crippen LogP contribution in [-0.2, 0) is 19.1 Å². The average Bonchev–Trinajstić information content (AvgIpc) is 2.40. The fourth-order valence-electron chi connectivity index (χ4n) is 1.40. The Bertz CT molecular complexity index is 304. The lowest BCUT2D eigenvalue weighted by Crippen LogP contribution is -2.38. The van der Waals surface area contributed by atoms with Gasteiger partial charge in [0.2, 0.25) is 0 Å². The largest absolute Gasteiger partial charge is 0.480 e. The van der Waals surface area contributed by atoms with Gasteiger partial charge in [-0.25, -0.2) is 0 Å². The number of hydrogen-bond donors (Lipinski definition) is 2. The highest BCUT2D eigenvalue weighted by Crippen LogP contribution is 2.26. The van der Waals surface area contributed by atoms with Gasteiger partial charge in [0.15, 0.2) is 5.41 Å². The molecule has 0 radical (unpaired) electrons. The van der Waals surface area contributed by atoms with Gasteiger partial charge in [0.25, 0.3) is 0 Å². The third-order valence-corrected chi connectivity index (χ3v) is 3.33. The van der Waals surface area contributed by atoms with Gasteiger partial charge in [0.1, 0.15) is 0 Å². The predicted octanol–water partition coefficient (Wildman–Crippen LogP) is 2.56. The van der Waals surface area contributed by atoms with Crippen LogP contribution in [0, 0.1) is 11.3 Å². The molecule has 20 heavy (non-hydrogen) atoms. The number of carbonyl (C=O) groups excluding carboxylic acids is 1. The third-order valence-electron chi connectivity index (χ3n) is 3.33. The monoisotopic (exact) mass is 290 g/mol. The number of hydrogen-bond acceptors (Lipinski definition) is 4. The standard InChI is InChI=1S/C7H12O4.C7H14O2/c1-3-7(4-2,5(8)9)6(10)11;1-4-6(3)7(8)9-5-2/h3-4H2,1-2H3,(H,8,9)(H,10,11);6H,4-5H2,1-3H3/t;6-/m.0/s1. The van der Waals surface area contributed by atoms with Crippen molar-refractivity contribution >= 4 is 17.9 Å². The smallest absolute Gasteiger partial charge is 0.321 e. The fraction of sp³-hybridized carbons (Fsp3) is 0.786. The van der Waals surface area contributed by atoms with Crippen LogP contribution >= 0.6 is 0 Å². The molecule has 118 valence electrons. The predicted molar refractivity (Wildman–Crippen MR) is 74.4 cm³/mol. The van der Waals surface area contributed by atoms with E-state index >= 15 is 0 Å². The van der Waals surface area contributed by atoms with Crippen molar-refractivity contribution in [3.8, 4) is 0 Å². The molecule has 0 heterocycles. The summed E-state index contributed by atoms with van der Waals surface area (Å²) in [6.45, 7) is 9.28. The molecular formula is C14H26O6. The summed E-state index contributed by atoms with van der Waals surface area (Å²) in [7, 11) is 0. The van der Waals surface area contributed by atoms with Crippen molar-refractivity contribution < 1.29 is 29.3 Å². The summed E-state index contributed by atoms with van der Waals surface area (Å²) in [4.78, 5) is 31.8. The number of esters is 1. The molecule has 0 amide bonds. The first-order chi connectivity index (χ1) is 9.23. The van der Waals surface area contributed by atoms with Crippen LogP contribution in [0.3, 0.4) is 0 Å². The molecule has 0 aromatic heterocycles. The fourth-order valence-corrected chi connectivity index (χ4v) is 1.40. The van der Waals surface area contributed by atoms with Crippen molar-refractivity contribution in [3.63, 3.8) is 0 Å². The van der Waals surface area contributed by atoms with Gasteiger partial charge in [-0.2, -0.15) is 0 Å². The second kappa shape index (κ2) is 10.2. The Kier molecular flexibility index (Phi) is 10.6. The van der Waals surface area contributed by atoms with Crippen LogP contribution in [0.2, 0.25) is 0 Å². The van der Waals surface area contributed by atoms with E-state index in [2.05, 4.69) is 0 Å². The minimum atomic E-state index is -1.58. The first kappa shape index (κ1) is 20.7. The van der Waals surface area contributed by atoms with Gasteiger partial charge in [-0.05, 0) is 26.2 Å². The normalized spacial score (nSPS) is 11.8. The van der Waals surface area contributed by atoms with E-state index in [0.717, 1.165) is 6.42 Å². The molecule has 0 rings (SSSR count). The Morgan fingerprint density at radius 3 is 1.55 bits per heavy atom. The maximum atomic E-state index is 10.8. The van der Waals surface area contributed by atoms with Gasteiger partial charge < -0.3 is 14.9 Å². The van der Waals surface area contributed by atoms with Gasteiger partial charge >= 0.3 is 17.9 Å². The summed E-state index contributed by atoms with van der Waals surface area (Å²) >= 11 is 0. The van der Waals surface area contributed by atoms with Gasteiger partial charge in [0, 0.05) is 0 Å². The Labute approximate surface area is 120 Å². The van der Waals surface area contributed by atoms with Crippen LogP contribution in [0.1, 0.15) is 53.9 Å². The molecule has 0 saturated carbocycles. The van der Waals surface area contributed by atoms with Crippen molar-refractivity contribution in [1.29, 1.82) is 0 Å². The lowest BCUT2D eigenvalue weighted by atomic mass is 9.83. The highest BCUT2D eigenvalue weighted by molar-refractivity contribution is 5.98. The van der Waals surface area contributed by atoms with Crippen LogP contribution in [0.15, 0.2) is 0 Å². The van der Waals surface area contributed by atoms with Crippen LogP contribution in [-0.4, -0.2) is 34.7 Å². The van der Waals surface area contributed by atoms with E-state index < -0.39 is 17.4 Å². The number of rotatable bonds is 7. The summed E-state index contributed by atoms with van der Waals surface area (Å²) in [5.41, 5.74) is -1.58. The zero-order valence-electron chi connectivity index (χ0n) is 12.9. The summed E-state index contributed by atoms with van der Waals surface area (Å²) in [5, 5.41) is 17.2. The molecule has 0 aliphatic carbocycles. The Balaban J connectivity index is 0. The molecular weight excluding hydrogens is 264 g/mol. The molecule has 0 aromatic rings. The van der Waals surface area contributed by atoms with Crippen LogP contribution < -0.4 is 0 Å². The molecule has 6 heteroatoms. The number of aliphatic carboxylic acids is 2. The van der Waals surface area contributed by atoms with Crippen LogP contribution in [0.25, 0.3) is 0 Å². The quantitative estimate of drug-likeness (QED) is 0.552. The highest BCUT2D eigenvalue weighted by atomic mass is 16.5. The van der Waals surface area contributed by atoms with E-state index in [1.54, 1.807) is 13.8 Å². The van der Waals surface area contributed by atoms with Gasteiger partial charge in [-0.15, -0.1) is 0 Å². The molecule has 0 aliphatic rings. The van der Waals surface area contributed by atoms with Crippen molar-refractivity contribution in [1.82, 2.24) is 0 Å². The molecule has 6 nitrogen and oxygen atoms in total. The number of ether oxygens (including phenoxy) is 1. The summed E-state index contributed by atoms with van der Waals surface area (Å²) in [6.07, 6.45) is 1.10. The minimum Gasteiger partial charge on any atom is -0.480 e. The van der Waals surface area contributed by atoms with Crippen LogP contribution in [0.5, 0.6) is 0 Å². The maximum Gasteiger partial charge on any atom is 0.321 e. The first-order valence-corrected chi connectivity index (χ1v) is 6.86. The summed E-state index contributed by atoms with van der Waals surface area (Å²) in [6, 6.07) is 0. The number of carboxylic acid groups (broad SMARTS) is 2. The minimum absolute atomic E-state index is 0.0601. The Morgan fingerprint density at radius 2 is 1.40 bits per heavy atom. The lowest BCUT2D eigenvalue weighted by molar-refractivity contribution is -0.165. The zero-order chi connectivity index (χ0) is 16.3. The Morgan fingerprint density at radius 1 is 1.00 bits per heavy atom. The van der Waals surface area contributed by atoms with E-state index in [-0.39, 0.29) is 24.7 Å². The summed E-state index contributed by atoms with van der Waals surface area (Å²) < 4.78 is 4.76. The van der Waals surface area contributed by atoms with Crippen molar-refractivity contribution in [2.75, 3.05) is 6.61 Å². The van der Waals surface area contributed by atoms with Crippen molar-refractivity contribution in [2.45, 2.75) is 53.9 Å². The molecule has 0 unspecified atom stereocenters. The van der Waals surface area contributed by atoms with E-state index in [4.69, 9.17) is 14.9 Å². The molecule has 2 N–H and O–H groups in total. The average molecular weight is 290 g/mol. The van der Waals surface area contributed by atoms with Gasteiger partial charge in [-0.3, -0.25) is 14.4 Å². The number of carboxylic acids is 2. The number of carbonyl (C=O) groups is 3. The second-order valence-corrected chi connectivity index (χ2v) is 4.46. The molecule has 1 atom stereocenters. The maximum absolute atomic E-state index is 10.8. The SMILES string of the molecule is CCC(CC)(C(=O)O)C(=O)O.CCOC(=O)[C@@H](C)CC. The van der Waals surface area contributed by atoms with Crippen molar-refractivity contribution in [3.05, 3.63) is 0 Å².